The molecule has 1 aromatic rings. The zero-order chi connectivity index (χ0) is 13.8. The van der Waals surface area contributed by atoms with Crippen molar-refractivity contribution in [2.24, 2.45) is 0 Å². The summed E-state index contributed by atoms with van der Waals surface area (Å²) in [4.78, 5) is 13.3. The number of nitrogens with one attached hydrogen (secondary N) is 1. The summed E-state index contributed by atoms with van der Waals surface area (Å²) in [7, 11) is 0. The van der Waals surface area contributed by atoms with Crippen molar-refractivity contribution in [1.29, 1.82) is 0 Å². The molecular weight excluding hydrogens is 244 g/mol. The van der Waals surface area contributed by atoms with Gasteiger partial charge >= 0.3 is 5.97 Å². The number of hydrogen-bond acceptors (Lipinski definition) is 4. The number of carbonyl (C=O) groups is 1. The average molecular weight is 266 g/mol. The first-order chi connectivity index (χ1) is 9.11. The Hall–Kier alpha value is -1.33. The molecule has 0 aromatic carbocycles. The summed E-state index contributed by atoms with van der Waals surface area (Å²) in [6.07, 6.45) is 2.28. The van der Waals surface area contributed by atoms with Crippen LogP contribution in [0, 0.1) is 6.92 Å². The molecule has 2 heterocycles. The molecule has 1 aliphatic rings. The molecule has 1 saturated heterocycles. The number of hydrogen-bond donors (Lipinski definition) is 2. The summed E-state index contributed by atoms with van der Waals surface area (Å²) in [5.41, 5.74) is 0.698. The van der Waals surface area contributed by atoms with Crippen molar-refractivity contribution in [2.45, 2.75) is 39.3 Å². The highest BCUT2D eigenvalue weighted by Gasteiger charge is 2.22. The third kappa shape index (κ3) is 3.36. The Labute approximate surface area is 113 Å². The molecule has 5 heteroatoms. The van der Waals surface area contributed by atoms with Crippen LogP contribution < -0.4 is 5.32 Å². The number of nitrogens with zero attached hydrogens (tertiary/aromatic N) is 1. The fourth-order valence-corrected chi connectivity index (χ4v) is 2.71. The second-order valence-corrected chi connectivity index (χ2v) is 5.07. The van der Waals surface area contributed by atoms with E-state index in [9.17, 15) is 4.79 Å². The molecule has 0 radical (unpaired) electrons. The summed E-state index contributed by atoms with van der Waals surface area (Å²) >= 11 is 0. The monoisotopic (exact) mass is 266 g/mol. The molecular formula is C14H22N2O3. The summed E-state index contributed by atoms with van der Waals surface area (Å²) in [5, 5.41) is 12.4. The van der Waals surface area contributed by atoms with Crippen molar-refractivity contribution in [3.05, 3.63) is 23.2 Å². The SMILES string of the molecule is CCN(Cc1cc(C)c(C(=O)O)o1)C1CCNCC1. The Bertz CT molecular complexity index is 436. The van der Waals surface area contributed by atoms with E-state index >= 15 is 0 Å². The van der Waals surface area contributed by atoms with Crippen LogP contribution >= 0.6 is 0 Å². The maximum Gasteiger partial charge on any atom is 0.372 e. The summed E-state index contributed by atoms with van der Waals surface area (Å²) < 4.78 is 5.44. The van der Waals surface area contributed by atoms with Gasteiger partial charge in [-0.1, -0.05) is 6.92 Å². The molecule has 0 spiro atoms. The predicted molar refractivity (Wildman–Crippen MR) is 72.4 cm³/mol. The topological polar surface area (TPSA) is 65.7 Å². The standard InChI is InChI=1S/C14H22N2O3/c1-3-16(11-4-6-15-7-5-11)9-12-8-10(2)13(19-12)14(17)18/h8,11,15H,3-7,9H2,1-2H3,(H,17,18). The molecule has 1 aliphatic heterocycles. The van der Waals surface area contributed by atoms with Crippen molar-refractivity contribution in [3.63, 3.8) is 0 Å². The molecule has 0 aliphatic carbocycles. The number of rotatable bonds is 5. The Balaban J connectivity index is 2.05. The van der Waals surface area contributed by atoms with E-state index in [0.717, 1.165) is 38.2 Å². The third-order valence-corrected chi connectivity index (χ3v) is 3.75. The number of aromatic carboxylic acids is 1. The number of carboxylic acids is 1. The van der Waals surface area contributed by atoms with E-state index in [1.54, 1.807) is 6.92 Å². The van der Waals surface area contributed by atoms with Crippen LogP contribution in [0.25, 0.3) is 0 Å². The van der Waals surface area contributed by atoms with E-state index in [4.69, 9.17) is 9.52 Å². The van der Waals surface area contributed by atoms with Gasteiger partial charge in [0.05, 0.1) is 6.54 Å². The minimum absolute atomic E-state index is 0.0661. The van der Waals surface area contributed by atoms with Gasteiger partial charge in [-0.2, -0.15) is 0 Å². The smallest absolute Gasteiger partial charge is 0.372 e. The van der Waals surface area contributed by atoms with Crippen molar-refractivity contribution in [2.75, 3.05) is 19.6 Å². The van der Waals surface area contributed by atoms with Gasteiger partial charge in [0, 0.05) is 11.6 Å². The summed E-state index contributed by atoms with van der Waals surface area (Å²) in [6.45, 7) is 7.66. The van der Waals surface area contributed by atoms with Crippen LogP contribution in [0.3, 0.4) is 0 Å². The Morgan fingerprint density at radius 3 is 2.74 bits per heavy atom. The van der Waals surface area contributed by atoms with Crippen LogP contribution in [0.5, 0.6) is 0 Å². The second kappa shape index (κ2) is 6.21. The highest BCUT2D eigenvalue weighted by molar-refractivity contribution is 5.86. The van der Waals surface area contributed by atoms with Gasteiger partial charge in [0.25, 0.3) is 0 Å². The third-order valence-electron chi connectivity index (χ3n) is 3.75. The van der Waals surface area contributed by atoms with Gasteiger partial charge in [-0.15, -0.1) is 0 Å². The van der Waals surface area contributed by atoms with Gasteiger partial charge in [0.1, 0.15) is 5.76 Å². The molecule has 2 N–H and O–H groups in total. The fourth-order valence-electron chi connectivity index (χ4n) is 2.71. The van der Waals surface area contributed by atoms with E-state index in [2.05, 4.69) is 17.1 Å². The molecule has 0 bridgehead atoms. The minimum Gasteiger partial charge on any atom is -0.475 e. The maximum absolute atomic E-state index is 11.0. The molecule has 5 nitrogen and oxygen atoms in total. The number of aryl methyl sites for hydroxylation is 1. The van der Waals surface area contributed by atoms with Crippen molar-refractivity contribution in [3.8, 4) is 0 Å². The molecule has 106 valence electrons. The van der Waals surface area contributed by atoms with Gasteiger partial charge in [0.2, 0.25) is 5.76 Å². The first-order valence-corrected chi connectivity index (χ1v) is 6.89. The van der Waals surface area contributed by atoms with Crippen LogP contribution in [0.2, 0.25) is 0 Å². The van der Waals surface area contributed by atoms with E-state index in [1.807, 2.05) is 6.07 Å². The molecule has 1 fully saturated rings. The van der Waals surface area contributed by atoms with Crippen LogP contribution in [-0.4, -0.2) is 41.7 Å². The number of furan rings is 1. The zero-order valence-electron chi connectivity index (χ0n) is 11.6. The summed E-state index contributed by atoms with van der Waals surface area (Å²) in [6, 6.07) is 2.40. The van der Waals surface area contributed by atoms with E-state index < -0.39 is 5.97 Å². The Kier molecular flexibility index (Phi) is 4.61. The van der Waals surface area contributed by atoms with E-state index in [0.29, 0.717) is 18.2 Å². The van der Waals surface area contributed by atoms with Crippen molar-refractivity contribution < 1.29 is 14.3 Å². The molecule has 1 aromatic heterocycles. The quantitative estimate of drug-likeness (QED) is 0.851. The molecule has 0 unspecified atom stereocenters. The Morgan fingerprint density at radius 1 is 1.53 bits per heavy atom. The van der Waals surface area contributed by atoms with Gasteiger partial charge in [0.15, 0.2) is 0 Å². The minimum atomic E-state index is -0.992. The zero-order valence-corrected chi connectivity index (χ0v) is 11.6. The van der Waals surface area contributed by atoms with Crippen LogP contribution in [-0.2, 0) is 6.54 Å². The first-order valence-electron chi connectivity index (χ1n) is 6.89. The maximum atomic E-state index is 11.0. The lowest BCUT2D eigenvalue weighted by molar-refractivity contribution is 0.0655. The summed E-state index contributed by atoms with van der Waals surface area (Å²) in [5.74, 6) is -0.180. The first kappa shape index (κ1) is 14.1. The molecule has 0 amide bonds. The number of carboxylic acid groups (broad SMARTS) is 1. The van der Waals surface area contributed by atoms with Gasteiger partial charge < -0.3 is 14.8 Å². The second-order valence-electron chi connectivity index (χ2n) is 5.07. The van der Waals surface area contributed by atoms with Crippen LogP contribution in [0.1, 0.15) is 41.6 Å². The van der Waals surface area contributed by atoms with Crippen LogP contribution in [0.15, 0.2) is 10.5 Å². The van der Waals surface area contributed by atoms with Gasteiger partial charge in [-0.25, -0.2) is 4.79 Å². The highest BCUT2D eigenvalue weighted by Crippen LogP contribution is 2.19. The lowest BCUT2D eigenvalue weighted by atomic mass is 10.0. The molecule has 19 heavy (non-hydrogen) atoms. The van der Waals surface area contributed by atoms with Crippen molar-refractivity contribution in [1.82, 2.24) is 10.2 Å². The van der Waals surface area contributed by atoms with Gasteiger partial charge in [-0.3, -0.25) is 4.90 Å². The molecule has 0 saturated carbocycles. The number of piperidine rings is 1. The highest BCUT2D eigenvalue weighted by atomic mass is 16.4. The van der Waals surface area contributed by atoms with Crippen LogP contribution in [0.4, 0.5) is 0 Å². The van der Waals surface area contributed by atoms with E-state index in [1.165, 1.54) is 0 Å². The normalized spacial score (nSPS) is 17.0. The fraction of sp³-hybridized carbons (Fsp3) is 0.643. The largest absolute Gasteiger partial charge is 0.475 e. The average Bonchev–Trinajstić information content (AvgIpc) is 2.78. The molecule has 0 atom stereocenters. The van der Waals surface area contributed by atoms with Crippen molar-refractivity contribution >= 4 is 5.97 Å². The van der Waals surface area contributed by atoms with Gasteiger partial charge in [-0.05, 0) is 45.5 Å². The lowest BCUT2D eigenvalue weighted by Crippen LogP contribution is -2.42. The van der Waals surface area contributed by atoms with E-state index in [-0.39, 0.29) is 5.76 Å². The predicted octanol–water partition coefficient (Wildman–Crippen LogP) is 1.86. The molecule has 2 rings (SSSR count). The Morgan fingerprint density at radius 2 is 2.21 bits per heavy atom. The lowest BCUT2D eigenvalue weighted by Gasteiger charge is -2.33.